The summed E-state index contributed by atoms with van der Waals surface area (Å²) in [5.41, 5.74) is 1.28. The van der Waals surface area contributed by atoms with E-state index in [0.717, 1.165) is 10.2 Å². The van der Waals surface area contributed by atoms with Gasteiger partial charge in [-0.15, -0.1) is 5.10 Å². The van der Waals surface area contributed by atoms with Crippen LogP contribution in [0.2, 0.25) is 0 Å². The number of nitrogens with zero attached hydrogens (tertiary/aromatic N) is 5. The maximum atomic E-state index is 12.8. The highest BCUT2D eigenvalue weighted by atomic mass is 79.9. The number of fused-ring (bicyclic) bond motifs is 3. The fraction of sp³-hybridized carbons (Fsp3) is 0.125. The van der Waals surface area contributed by atoms with Gasteiger partial charge in [-0.1, -0.05) is 15.9 Å². The number of benzene rings is 1. The molecule has 0 aliphatic heterocycles. The smallest absolute Gasteiger partial charge is 0.266 e. The quantitative estimate of drug-likeness (QED) is 0.541. The highest BCUT2D eigenvalue weighted by Gasteiger charge is 2.12. The van der Waals surface area contributed by atoms with Gasteiger partial charge >= 0.3 is 0 Å². The Balaban J connectivity index is 1.94. The fourth-order valence-electron chi connectivity index (χ4n) is 2.56. The van der Waals surface area contributed by atoms with Crippen LogP contribution in [0, 0.1) is 0 Å². The second kappa shape index (κ2) is 5.81. The molecule has 1 aromatic carbocycles. The Bertz CT molecular complexity index is 1100. The Morgan fingerprint density at radius 2 is 2.00 bits per heavy atom. The van der Waals surface area contributed by atoms with Crippen molar-refractivity contribution >= 4 is 32.6 Å². The predicted molar refractivity (Wildman–Crippen MR) is 92.3 cm³/mol. The van der Waals surface area contributed by atoms with Crippen LogP contribution in [0.1, 0.15) is 5.82 Å². The summed E-state index contributed by atoms with van der Waals surface area (Å²) in [5.74, 6) is 0.963. The monoisotopic (exact) mass is 385 g/mol. The largest absolute Gasteiger partial charge is 0.377 e. The van der Waals surface area contributed by atoms with Gasteiger partial charge in [-0.2, -0.15) is 9.50 Å². The molecule has 0 unspecified atom stereocenters. The number of hydrogen-bond acceptors (Lipinski definition) is 5. The van der Waals surface area contributed by atoms with Gasteiger partial charge in [-0.3, -0.25) is 9.36 Å². The molecule has 0 N–H and O–H groups in total. The van der Waals surface area contributed by atoms with E-state index in [9.17, 15) is 4.79 Å². The molecule has 0 saturated carbocycles. The number of halogens is 1. The van der Waals surface area contributed by atoms with E-state index in [0.29, 0.717) is 29.1 Å². The van der Waals surface area contributed by atoms with Gasteiger partial charge in [0.25, 0.3) is 11.3 Å². The zero-order chi connectivity index (χ0) is 16.7. The summed E-state index contributed by atoms with van der Waals surface area (Å²) in [4.78, 5) is 21.3. The predicted octanol–water partition coefficient (Wildman–Crippen LogP) is 2.34. The topological polar surface area (TPSA) is 74.3 Å². The molecule has 7 nitrogen and oxygen atoms in total. The third-order valence-corrected chi connectivity index (χ3v) is 4.18. The van der Waals surface area contributed by atoms with Crippen molar-refractivity contribution in [2.75, 3.05) is 7.11 Å². The highest BCUT2D eigenvalue weighted by Crippen LogP contribution is 2.15. The Labute approximate surface area is 144 Å². The van der Waals surface area contributed by atoms with Crippen molar-refractivity contribution in [3.8, 4) is 5.69 Å². The van der Waals surface area contributed by atoms with Gasteiger partial charge in [0.15, 0.2) is 5.82 Å². The molecule has 120 valence electrons. The highest BCUT2D eigenvalue weighted by molar-refractivity contribution is 9.10. The molecule has 3 heterocycles. The number of pyridine rings is 1. The maximum Gasteiger partial charge on any atom is 0.266 e. The second-order valence-corrected chi connectivity index (χ2v) is 6.11. The van der Waals surface area contributed by atoms with E-state index in [4.69, 9.17) is 4.74 Å². The Morgan fingerprint density at radius 1 is 1.21 bits per heavy atom. The van der Waals surface area contributed by atoms with Crippen molar-refractivity contribution in [3.05, 3.63) is 63.4 Å². The van der Waals surface area contributed by atoms with Crippen LogP contribution in [-0.4, -0.2) is 31.3 Å². The van der Waals surface area contributed by atoms with E-state index >= 15 is 0 Å². The molecule has 4 rings (SSSR count). The summed E-state index contributed by atoms with van der Waals surface area (Å²) in [7, 11) is 1.58. The lowest BCUT2D eigenvalue weighted by atomic mass is 10.2. The maximum absolute atomic E-state index is 12.8. The Hall–Kier alpha value is -2.58. The molecule has 8 heteroatoms. The van der Waals surface area contributed by atoms with Crippen LogP contribution >= 0.6 is 15.9 Å². The van der Waals surface area contributed by atoms with Crippen molar-refractivity contribution in [2.24, 2.45) is 0 Å². The summed E-state index contributed by atoms with van der Waals surface area (Å²) < 4.78 is 9.14. The van der Waals surface area contributed by atoms with Crippen LogP contribution in [0.15, 0.2) is 52.0 Å². The minimum atomic E-state index is -0.159. The first-order chi connectivity index (χ1) is 11.7. The lowest BCUT2D eigenvalue weighted by Crippen LogP contribution is -2.18. The Kier molecular flexibility index (Phi) is 3.62. The van der Waals surface area contributed by atoms with Gasteiger partial charge in [-0.05, 0) is 30.3 Å². The molecule has 0 fully saturated rings. The van der Waals surface area contributed by atoms with E-state index in [1.165, 1.54) is 6.20 Å². The average molecular weight is 386 g/mol. The fourth-order valence-corrected chi connectivity index (χ4v) is 2.82. The van der Waals surface area contributed by atoms with Gasteiger partial charge in [0.05, 0.1) is 10.9 Å². The van der Waals surface area contributed by atoms with Gasteiger partial charge in [0.2, 0.25) is 0 Å². The van der Waals surface area contributed by atoms with Crippen LogP contribution in [0.3, 0.4) is 0 Å². The van der Waals surface area contributed by atoms with Gasteiger partial charge < -0.3 is 4.74 Å². The lowest BCUT2D eigenvalue weighted by molar-refractivity contribution is 0.178. The van der Waals surface area contributed by atoms with E-state index in [1.54, 1.807) is 22.4 Å². The van der Waals surface area contributed by atoms with Gasteiger partial charge in [-0.25, -0.2) is 4.98 Å². The van der Waals surface area contributed by atoms with Crippen LogP contribution in [0.5, 0.6) is 0 Å². The zero-order valence-corrected chi connectivity index (χ0v) is 14.3. The molecule has 3 aromatic heterocycles. The van der Waals surface area contributed by atoms with Crippen molar-refractivity contribution in [2.45, 2.75) is 6.61 Å². The molecule has 0 spiro atoms. The molecule has 0 aliphatic rings. The molecular weight excluding hydrogens is 374 g/mol. The first-order valence-electron chi connectivity index (χ1n) is 7.18. The van der Waals surface area contributed by atoms with Crippen molar-refractivity contribution in [1.82, 2.24) is 24.1 Å². The van der Waals surface area contributed by atoms with E-state index < -0.39 is 0 Å². The van der Waals surface area contributed by atoms with Crippen LogP contribution in [0.4, 0.5) is 0 Å². The molecular formula is C16H12BrN5O2. The van der Waals surface area contributed by atoms with Crippen molar-refractivity contribution < 1.29 is 4.74 Å². The normalized spacial score (nSPS) is 11.4. The minimum absolute atomic E-state index is 0.159. The zero-order valence-electron chi connectivity index (χ0n) is 12.7. The van der Waals surface area contributed by atoms with Crippen LogP contribution in [-0.2, 0) is 11.3 Å². The first kappa shape index (κ1) is 15.0. The first-order valence-corrected chi connectivity index (χ1v) is 7.97. The lowest BCUT2D eigenvalue weighted by Gasteiger charge is -2.07. The summed E-state index contributed by atoms with van der Waals surface area (Å²) in [6.07, 6.45) is 3.26. The third kappa shape index (κ3) is 2.40. The van der Waals surface area contributed by atoms with Crippen LogP contribution in [0.25, 0.3) is 22.4 Å². The molecule has 24 heavy (non-hydrogen) atoms. The standard InChI is InChI=1S/C16H12BrN5O2/c1-24-9-14-19-16-18-8-12-13(22(16)20-14)6-7-21(15(12)23)11-4-2-10(17)3-5-11/h2-8H,9H2,1H3. The third-order valence-electron chi connectivity index (χ3n) is 3.66. The SMILES string of the molecule is COCc1nc2ncc3c(=O)n(-c4ccc(Br)cc4)ccc3n2n1. The number of aromatic nitrogens is 5. The van der Waals surface area contributed by atoms with Crippen molar-refractivity contribution in [1.29, 1.82) is 0 Å². The number of rotatable bonds is 3. The van der Waals surface area contributed by atoms with Gasteiger partial charge in [0, 0.05) is 29.7 Å². The molecule has 0 bridgehead atoms. The number of hydrogen-bond donors (Lipinski definition) is 0. The molecule has 0 atom stereocenters. The molecule has 0 amide bonds. The Morgan fingerprint density at radius 3 is 2.75 bits per heavy atom. The molecule has 0 saturated heterocycles. The van der Waals surface area contributed by atoms with Gasteiger partial charge in [0.1, 0.15) is 6.61 Å². The molecule has 0 radical (unpaired) electrons. The summed E-state index contributed by atoms with van der Waals surface area (Å²) in [5, 5.41) is 4.82. The van der Waals surface area contributed by atoms with E-state index in [2.05, 4.69) is 31.0 Å². The molecule has 0 aliphatic carbocycles. The number of methoxy groups -OCH3 is 1. The van der Waals surface area contributed by atoms with E-state index in [1.807, 2.05) is 30.3 Å². The molecule has 4 aromatic rings. The average Bonchev–Trinajstić information content (AvgIpc) is 2.99. The summed E-state index contributed by atoms with van der Waals surface area (Å²) in [6, 6.07) is 9.35. The number of ether oxygens (including phenoxy) is 1. The second-order valence-electron chi connectivity index (χ2n) is 5.20. The summed E-state index contributed by atoms with van der Waals surface area (Å²) in [6.45, 7) is 0.292. The minimum Gasteiger partial charge on any atom is -0.377 e. The van der Waals surface area contributed by atoms with Crippen LogP contribution < -0.4 is 5.56 Å². The van der Waals surface area contributed by atoms with Crippen molar-refractivity contribution in [3.63, 3.8) is 0 Å². The summed E-state index contributed by atoms with van der Waals surface area (Å²) >= 11 is 3.39. The van der Waals surface area contributed by atoms with E-state index in [-0.39, 0.29) is 5.56 Å².